The number of esters is 1. The van der Waals surface area contributed by atoms with E-state index in [-0.39, 0.29) is 37.1 Å². The SMILES string of the molecule is CC(C)(C)C(=O)OCn1nnnc1CC[C@@H]1O[C@H](COCc2ccccc2)[C@@H](OCc2ccccc2)[C@H]1OCc1ccccc1. The Balaban J connectivity index is 1.30. The second kappa shape index (κ2) is 15.9. The molecule has 0 amide bonds. The zero-order valence-electron chi connectivity index (χ0n) is 26.2. The zero-order valence-corrected chi connectivity index (χ0v) is 26.2. The molecule has 0 N–H and O–H groups in total. The van der Waals surface area contributed by atoms with Crippen molar-refractivity contribution in [1.82, 2.24) is 20.2 Å². The molecule has 1 aromatic heterocycles. The second-order valence-corrected chi connectivity index (χ2v) is 12.2. The predicted molar refractivity (Wildman–Crippen MR) is 166 cm³/mol. The van der Waals surface area contributed by atoms with Gasteiger partial charge in [0, 0.05) is 6.42 Å². The van der Waals surface area contributed by atoms with Gasteiger partial charge in [-0.25, -0.2) is 0 Å². The van der Waals surface area contributed by atoms with Gasteiger partial charge in [-0.05, 0) is 54.3 Å². The first-order valence-corrected chi connectivity index (χ1v) is 15.4. The van der Waals surface area contributed by atoms with Crippen LogP contribution in [0.25, 0.3) is 0 Å². The number of aryl methyl sites for hydroxylation is 1. The fraction of sp³-hybridized carbons (Fsp3) is 0.429. The van der Waals surface area contributed by atoms with Crippen molar-refractivity contribution in [2.24, 2.45) is 5.41 Å². The van der Waals surface area contributed by atoms with Gasteiger partial charge in [-0.1, -0.05) is 91.0 Å². The molecule has 1 aliphatic rings. The van der Waals surface area contributed by atoms with E-state index in [1.165, 1.54) is 4.68 Å². The third-order valence-corrected chi connectivity index (χ3v) is 7.56. The maximum absolute atomic E-state index is 12.3. The summed E-state index contributed by atoms with van der Waals surface area (Å²) in [4.78, 5) is 12.3. The summed E-state index contributed by atoms with van der Waals surface area (Å²) in [6.07, 6.45) is -0.374. The number of rotatable bonds is 15. The molecule has 1 aliphatic heterocycles. The first-order chi connectivity index (χ1) is 21.9. The number of hydrogen-bond donors (Lipinski definition) is 0. The minimum absolute atomic E-state index is 0.0589. The van der Waals surface area contributed by atoms with E-state index >= 15 is 0 Å². The van der Waals surface area contributed by atoms with Crippen molar-refractivity contribution in [2.45, 2.75) is 84.6 Å². The summed E-state index contributed by atoms with van der Waals surface area (Å²) in [5.41, 5.74) is 2.59. The zero-order chi connectivity index (χ0) is 31.5. The molecule has 238 valence electrons. The maximum atomic E-state index is 12.3. The van der Waals surface area contributed by atoms with Gasteiger partial charge < -0.3 is 23.7 Å². The topological polar surface area (TPSA) is 107 Å². The summed E-state index contributed by atoms with van der Waals surface area (Å²) in [6.45, 7) is 6.99. The quantitative estimate of drug-likeness (QED) is 0.165. The minimum atomic E-state index is -0.623. The van der Waals surface area contributed by atoms with E-state index in [0.717, 1.165) is 16.7 Å². The van der Waals surface area contributed by atoms with Crippen molar-refractivity contribution in [1.29, 1.82) is 0 Å². The normalized spacial score (nSPS) is 19.9. The Morgan fingerprint density at radius 1 is 0.778 bits per heavy atom. The first-order valence-electron chi connectivity index (χ1n) is 15.4. The highest BCUT2D eigenvalue weighted by Crippen LogP contribution is 2.31. The molecule has 0 aliphatic carbocycles. The average Bonchev–Trinajstić information content (AvgIpc) is 3.64. The van der Waals surface area contributed by atoms with Gasteiger partial charge in [-0.15, -0.1) is 5.10 Å². The number of tetrazole rings is 1. The summed E-state index contributed by atoms with van der Waals surface area (Å²) in [5, 5.41) is 12.0. The number of aromatic nitrogens is 4. The lowest BCUT2D eigenvalue weighted by Crippen LogP contribution is -2.39. The predicted octanol–water partition coefficient (Wildman–Crippen LogP) is 5.31. The molecule has 0 spiro atoms. The van der Waals surface area contributed by atoms with E-state index in [1.807, 2.05) is 91.0 Å². The second-order valence-electron chi connectivity index (χ2n) is 12.2. The molecular weight excluding hydrogens is 572 g/mol. The average molecular weight is 615 g/mol. The Bertz CT molecular complexity index is 1450. The van der Waals surface area contributed by atoms with Gasteiger partial charge >= 0.3 is 5.97 Å². The number of nitrogens with zero attached hydrogens (tertiary/aromatic N) is 4. The van der Waals surface area contributed by atoms with Crippen LogP contribution in [0.2, 0.25) is 0 Å². The summed E-state index contributed by atoms with van der Waals surface area (Å²) in [6, 6.07) is 30.2. The van der Waals surface area contributed by atoms with E-state index in [0.29, 0.717) is 45.1 Å². The van der Waals surface area contributed by atoms with Crippen LogP contribution in [0.3, 0.4) is 0 Å². The molecule has 4 atom stereocenters. The first kappa shape index (κ1) is 32.4. The highest BCUT2D eigenvalue weighted by molar-refractivity contribution is 5.75. The molecule has 10 nitrogen and oxygen atoms in total. The van der Waals surface area contributed by atoms with Crippen molar-refractivity contribution in [2.75, 3.05) is 6.61 Å². The van der Waals surface area contributed by atoms with Crippen LogP contribution in [-0.2, 0) is 61.5 Å². The Labute approximate surface area is 264 Å². The van der Waals surface area contributed by atoms with Gasteiger partial charge in [0.1, 0.15) is 18.3 Å². The standard InChI is InChI=1S/C35H42N4O6/c1-35(2,3)34(40)44-25-39-31(36-37-38-39)20-19-29-32(42-22-27-15-9-5-10-16-27)33(43-23-28-17-11-6-12-18-28)30(45-29)24-41-21-26-13-7-4-8-14-26/h4-18,29-30,32-33H,19-25H2,1-3H3/t29-,30+,32-,33+/m0/s1. The highest BCUT2D eigenvalue weighted by Gasteiger charge is 2.46. The lowest BCUT2D eigenvalue weighted by atomic mass is 9.98. The van der Waals surface area contributed by atoms with E-state index in [4.69, 9.17) is 23.7 Å². The van der Waals surface area contributed by atoms with Crippen molar-refractivity contribution in [3.05, 3.63) is 114 Å². The van der Waals surface area contributed by atoms with E-state index in [2.05, 4.69) is 15.5 Å². The van der Waals surface area contributed by atoms with Crippen LogP contribution in [0.4, 0.5) is 0 Å². The molecule has 45 heavy (non-hydrogen) atoms. The van der Waals surface area contributed by atoms with Crippen LogP contribution < -0.4 is 0 Å². The van der Waals surface area contributed by atoms with Crippen LogP contribution >= 0.6 is 0 Å². The third-order valence-electron chi connectivity index (χ3n) is 7.56. The number of benzene rings is 3. The Morgan fingerprint density at radius 3 is 1.87 bits per heavy atom. The van der Waals surface area contributed by atoms with Crippen molar-refractivity contribution < 1.29 is 28.5 Å². The van der Waals surface area contributed by atoms with Crippen LogP contribution in [0, 0.1) is 5.41 Å². The lowest BCUT2D eigenvalue weighted by molar-refractivity contribution is -0.157. The number of carbonyl (C=O) groups excluding carboxylic acids is 1. The summed E-state index contributed by atoms with van der Waals surface area (Å²) < 4.78 is 32.9. The van der Waals surface area contributed by atoms with Crippen molar-refractivity contribution >= 4 is 5.97 Å². The Kier molecular flexibility index (Phi) is 11.4. The molecule has 4 aromatic rings. The van der Waals surface area contributed by atoms with Gasteiger partial charge in [0.15, 0.2) is 12.6 Å². The number of hydrogen-bond acceptors (Lipinski definition) is 9. The highest BCUT2D eigenvalue weighted by atomic mass is 16.6. The number of ether oxygens (including phenoxy) is 5. The van der Waals surface area contributed by atoms with Crippen LogP contribution in [0.15, 0.2) is 91.0 Å². The van der Waals surface area contributed by atoms with Gasteiger partial charge in [0.05, 0.1) is 37.9 Å². The molecule has 1 fully saturated rings. The van der Waals surface area contributed by atoms with E-state index in [9.17, 15) is 4.79 Å². The van der Waals surface area contributed by atoms with Crippen LogP contribution in [0.1, 0.15) is 49.7 Å². The van der Waals surface area contributed by atoms with Gasteiger partial charge in [-0.3, -0.25) is 4.79 Å². The number of carbonyl (C=O) groups is 1. The van der Waals surface area contributed by atoms with Crippen LogP contribution in [0.5, 0.6) is 0 Å². The largest absolute Gasteiger partial charge is 0.442 e. The fourth-order valence-corrected chi connectivity index (χ4v) is 5.08. The van der Waals surface area contributed by atoms with Gasteiger partial charge in [-0.2, -0.15) is 4.68 Å². The Hall–Kier alpha value is -3.96. The maximum Gasteiger partial charge on any atom is 0.313 e. The molecule has 10 heteroatoms. The molecular formula is C35H42N4O6. The molecule has 1 saturated heterocycles. The van der Waals surface area contributed by atoms with Crippen molar-refractivity contribution in [3.63, 3.8) is 0 Å². The molecule has 0 bridgehead atoms. The van der Waals surface area contributed by atoms with Crippen LogP contribution in [-0.4, -0.2) is 57.2 Å². The molecule has 0 radical (unpaired) electrons. The molecule has 3 aromatic carbocycles. The summed E-state index contributed by atoms with van der Waals surface area (Å²) in [5.74, 6) is 0.266. The van der Waals surface area contributed by atoms with E-state index in [1.54, 1.807) is 20.8 Å². The monoisotopic (exact) mass is 614 g/mol. The van der Waals surface area contributed by atoms with E-state index < -0.39 is 5.41 Å². The smallest absolute Gasteiger partial charge is 0.313 e. The van der Waals surface area contributed by atoms with Crippen molar-refractivity contribution in [3.8, 4) is 0 Å². The Morgan fingerprint density at radius 2 is 1.31 bits per heavy atom. The molecule has 5 rings (SSSR count). The molecule has 0 saturated carbocycles. The molecule has 2 heterocycles. The molecule has 0 unspecified atom stereocenters. The summed E-state index contributed by atoms with van der Waals surface area (Å²) >= 11 is 0. The lowest BCUT2D eigenvalue weighted by Gasteiger charge is -2.25. The summed E-state index contributed by atoms with van der Waals surface area (Å²) in [7, 11) is 0. The minimum Gasteiger partial charge on any atom is -0.442 e. The fourth-order valence-electron chi connectivity index (χ4n) is 5.08. The van der Waals surface area contributed by atoms with Gasteiger partial charge in [0.25, 0.3) is 0 Å². The van der Waals surface area contributed by atoms with Gasteiger partial charge in [0.2, 0.25) is 0 Å². The third kappa shape index (κ3) is 9.51.